The third-order valence-electron chi connectivity index (χ3n) is 6.28. The van der Waals surface area contributed by atoms with E-state index in [0.717, 1.165) is 37.1 Å². The molecule has 1 saturated heterocycles. The van der Waals surface area contributed by atoms with Crippen molar-refractivity contribution in [3.63, 3.8) is 0 Å². The highest BCUT2D eigenvalue weighted by molar-refractivity contribution is 5.42. The molecule has 2 rings (SSSR count). The maximum atomic E-state index is 6.09. The Labute approximate surface area is 178 Å². The molecule has 0 bridgehead atoms. The molecule has 0 saturated carbocycles. The summed E-state index contributed by atoms with van der Waals surface area (Å²) >= 11 is 0. The van der Waals surface area contributed by atoms with Crippen molar-refractivity contribution in [2.75, 3.05) is 26.9 Å². The molecule has 1 aliphatic heterocycles. The standard InChI is InChI=1S/C25H43NO3/c1-7-28-22-9-8-21(16-23(22)27-6)18-26-14-12-25(11-10-19(2)3)13-15-29-24(17-25)20(4)5/h8-9,16,19-20,24,26H,7,10-15,17-18H2,1-6H3/t24-,25-/m0/s1. The van der Waals surface area contributed by atoms with Gasteiger partial charge in [0.25, 0.3) is 0 Å². The van der Waals surface area contributed by atoms with E-state index in [9.17, 15) is 0 Å². The fourth-order valence-corrected chi connectivity index (χ4v) is 4.30. The first-order valence-corrected chi connectivity index (χ1v) is 11.5. The van der Waals surface area contributed by atoms with Crippen LogP contribution in [0.25, 0.3) is 0 Å². The third kappa shape index (κ3) is 7.49. The third-order valence-corrected chi connectivity index (χ3v) is 6.28. The number of benzene rings is 1. The van der Waals surface area contributed by atoms with E-state index in [0.29, 0.717) is 24.0 Å². The highest BCUT2D eigenvalue weighted by atomic mass is 16.5. The minimum Gasteiger partial charge on any atom is -0.493 e. The Morgan fingerprint density at radius 1 is 1.17 bits per heavy atom. The fraction of sp³-hybridized carbons (Fsp3) is 0.760. The molecule has 1 aromatic rings. The number of hydrogen-bond donors (Lipinski definition) is 1. The average molecular weight is 406 g/mol. The molecule has 0 amide bonds. The van der Waals surface area contributed by atoms with Crippen molar-refractivity contribution in [1.29, 1.82) is 0 Å². The Balaban J connectivity index is 1.92. The normalized spacial score (nSPS) is 22.3. The first kappa shape index (κ1) is 24.0. The second-order valence-electron chi connectivity index (χ2n) is 9.38. The fourth-order valence-electron chi connectivity index (χ4n) is 4.30. The summed E-state index contributed by atoms with van der Waals surface area (Å²) in [7, 11) is 1.70. The lowest BCUT2D eigenvalue weighted by molar-refractivity contribution is -0.0761. The summed E-state index contributed by atoms with van der Waals surface area (Å²) in [5.74, 6) is 2.98. The minimum absolute atomic E-state index is 0.409. The highest BCUT2D eigenvalue weighted by Gasteiger charge is 2.37. The molecule has 1 N–H and O–H groups in total. The topological polar surface area (TPSA) is 39.7 Å². The van der Waals surface area contributed by atoms with Crippen LogP contribution in [0.2, 0.25) is 0 Å². The summed E-state index contributed by atoms with van der Waals surface area (Å²) in [6.45, 7) is 14.7. The molecule has 0 radical (unpaired) electrons. The Kier molecular flexibility index (Phi) is 9.78. The summed E-state index contributed by atoms with van der Waals surface area (Å²) in [4.78, 5) is 0. The van der Waals surface area contributed by atoms with E-state index in [1.165, 1.54) is 37.7 Å². The molecule has 1 heterocycles. The van der Waals surface area contributed by atoms with Gasteiger partial charge in [0.05, 0.1) is 19.8 Å². The van der Waals surface area contributed by atoms with E-state index in [1.54, 1.807) is 7.11 Å². The van der Waals surface area contributed by atoms with Crippen molar-refractivity contribution in [3.05, 3.63) is 23.8 Å². The number of methoxy groups -OCH3 is 1. The van der Waals surface area contributed by atoms with Crippen LogP contribution in [0.4, 0.5) is 0 Å². The predicted octanol–water partition coefficient (Wildman–Crippen LogP) is 5.83. The van der Waals surface area contributed by atoms with Crippen molar-refractivity contribution in [2.24, 2.45) is 17.3 Å². The second-order valence-corrected chi connectivity index (χ2v) is 9.38. The Hall–Kier alpha value is -1.26. The van der Waals surface area contributed by atoms with Gasteiger partial charge < -0.3 is 19.5 Å². The van der Waals surface area contributed by atoms with Gasteiger partial charge in [0.2, 0.25) is 0 Å². The van der Waals surface area contributed by atoms with Gasteiger partial charge in [-0.3, -0.25) is 0 Å². The summed E-state index contributed by atoms with van der Waals surface area (Å²) in [5.41, 5.74) is 1.65. The van der Waals surface area contributed by atoms with Crippen LogP contribution in [0.15, 0.2) is 18.2 Å². The molecule has 4 nitrogen and oxygen atoms in total. The molecule has 0 aliphatic carbocycles. The lowest BCUT2D eigenvalue weighted by Gasteiger charge is -2.43. The first-order valence-electron chi connectivity index (χ1n) is 11.5. The van der Waals surface area contributed by atoms with E-state index in [4.69, 9.17) is 14.2 Å². The van der Waals surface area contributed by atoms with Crippen molar-refractivity contribution < 1.29 is 14.2 Å². The van der Waals surface area contributed by atoms with E-state index in [2.05, 4.69) is 45.1 Å². The first-order chi connectivity index (χ1) is 13.9. The second kappa shape index (κ2) is 11.8. The van der Waals surface area contributed by atoms with Gasteiger partial charge in [-0.25, -0.2) is 0 Å². The molecule has 1 aromatic carbocycles. The van der Waals surface area contributed by atoms with E-state index >= 15 is 0 Å². The van der Waals surface area contributed by atoms with Crippen LogP contribution in [0.1, 0.15) is 72.3 Å². The summed E-state index contributed by atoms with van der Waals surface area (Å²) in [6, 6.07) is 6.21. The largest absolute Gasteiger partial charge is 0.493 e. The summed E-state index contributed by atoms with van der Waals surface area (Å²) in [5, 5.41) is 3.67. The smallest absolute Gasteiger partial charge is 0.161 e. The van der Waals surface area contributed by atoms with Crippen LogP contribution < -0.4 is 14.8 Å². The Bertz CT molecular complexity index is 602. The zero-order chi connectivity index (χ0) is 21.3. The average Bonchev–Trinajstić information content (AvgIpc) is 2.71. The van der Waals surface area contributed by atoms with Crippen LogP contribution in [0.3, 0.4) is 0 Å². The highest BCUT2D eigenvalue weighted by Crippen LogP contribution is 2.43. The number of ether oxygens (including phenoxy) is 3. The van der Waals surface area contributed by atoms with Gasteiger partial charge in [0.1, 0.15) is 0 Å². The number of hydrogen-bond acceptors (Lipinski definition) is 4. The van der Waals surface area contributed by atoms with Gasteiger partial charge in [0, 0.05) is 13.2 Å². The predicted molar refractivity (Wildman–Crippen MR) is 121 cm³/mol. The number of rotatable bonds is 12. The van der Waals surface area contributed by atoms with E-state index < -0.39 is 0 Å². The zero-order valence-corrected chi connectivity index (χ0v) is 19.6. The monoisotopic (exact) mass is 405 g/mol. The zero-order valence-electron chi connectivity index (χ0n) is 19.6. The molecule has 4 heteroatoms. The van der Waals surface area contributed by atoms with Crippen LogP contribution in [-0.2, 0) is 11.3 Å². The molecule has 1 aliphatic rings. The van der Waals surface area contributed by atoms with Crippen molar-refractivity contribution in [2.45, 2.75) is 79.4 Å². The Morgan fingerprint density at radius 3 is 2.62 bits per heavy atom. The van der Waals surface area contributed by atoms with Crippen LogP contribution >= 0.6 is 0 Å². The lowest BCUT2D eigenvalue weighted by Crippen LogP contribution is -2.39. The number of nitrogens with one attached hydrogen (secondary N) is 1. The van der Waals surface area contributed by atoms with Gasteiger partial charge in [-0.1, -0.05) is 40.2 Å². The summed E-state index contributed by atoms with van der Waals surface area (Å²) in [6.07, 6.45) is 6.65. The van der Waals surface area contributed by atoms with Gasteiger partial charge >= 0.3 is 0 Å². The lowest BCUT2D eigenvalue weighted by atomic mass is 9.69. The molecule has 0 unspecified atom stereocenters. The van der Waals surface area contributed by atoms with Gasteiger partial charge in [-0.05, 0) is 74.1 Å². The maximum Gasteiger partial charge on any atom is 0.161 e. The van der Waals surface area contributed by atoms with Crippen LogP contribution in [0.5, 0.6) is 11.5 Å². The molecule has 0 aromatic heterocycles. The van der Waals surface area contributed by atoms with E-state index in [-0.39, 0.29) is 0 Å². The van der Waals surface area contributed by atoms with Crippen molar-refractivity contribution in [3.8, 4) is 11.5 Å². The van der Waals surface area contributed by atoms with Gasteiger partial charge in [-0.2, -0.15) is 0 Å². The molecule has 29 heavy (non-hydrogen) atoms. The SMILES string of the molecule is CCOc1ccc(CNCC[C@@]2(CCC(C)C)CCO[C@H](C(C)C)C2)cc1OC. The van der Waals surface area contributed by atoms with Gasteiger partial charge in [0.15, 0.2) is 11.5 Å². The molecular formula is C25H43NO3. The van der Waals surface area contributed by atoms with Crippen LogP contribution in [0, 0.1) is 17.3 Å². The maximum absolute atomic E-state index is 6.09. The molecule has 0 spiro atoms. The summed E-state index contributed by atoms with van der Waals surface area (Å²) < 4.78 is 17.2. The molecule has 2 atom stereocenters. The molecule has 1 fully saturated rings. The van der Waals surface area contributed by atoms with Crippen LogP contribution in [-0.4, -0.2) is 33.0 Å². The van der Waals surface area contributed by atoms with Crippen molar-refractivity contribution in [1.82, 2.24) is 5.32 Å². The minimum atomic E-state index is 0.409. The molecule has 166 valence electrons. The van der Waals surface area contributed by atoms with E-state index in [1.807, 2.05) is 13.0 Å². The quantitative estimate of drug-likeness (QED) is 0.444. The molecular weight excluding hydrogens is 362 g/mol. The van der Waals surface area contributed by atoms with Crippen molar-refractivity contribution >= 4 is 0 Å². The Morgan fingerprint density at radius 2 is 1.97 bits per heavy atom. The van der Waals surface area contributed by atoms with Gasteiger partial charge in [-0.15, -0.1) is 0 Å².